The molecule has 1 aliphatic carbocycles. The standard InChI is InChI=1S/C20H24N6O/c1-12-5-6-13(19(27)24-14-7-8-14)9-15(12)26-11-23-16-17(25-20(2,3)4)21-10-22-18(16)26/h5-6,9-11,14H,7-8H2,1-4H3,(H,24,27)(H,21,22,25). The van der Waals surface area contributed by atoms with Crippen molar-refractivity contribution >= 4 is 22.9 Å². The first-order valence-electron chi connectivity index (χ1n) is 9.20. The lowest BCUT2D eigenvalue weighted by Gasteiger charge is -2.21. The van der Waals surface area contributed by atoms with Gasteiger partial charge in [0.1, 0.15) is 12.7 Å². The van der Waals surface area contributed by atoms with E-state index in [0.29, 0.717) is 28.6 Å². The van der Waals surface area contributed by atoms with Gasteiger partial charge in [-0.3, -0.25) is 9.36 Å². The summed E-state index contributed by atoms with van der Waals surface area (Å²) in [6.07, 6.45) is 5.40. The number of nitrogens with one attached hydrogen (secondary N) is 2. The van der Waals surface area contributed by atoms with Gasteiger partial charge in [-0.25, -0.2) is 15.0 Å². The van der Waals surface area contributed by atoms with E-state index in [9.17, 15) is 4.79 Å². The van der Waals surface area contributed by atoms with Crippen LogP contribution in [-0.2, 0) is 0 Å². The molecule has 2 aromatic heterocycles. The van der Waals surface area contributed by atoms with Crippen molar-refractivity contribution in [2.24, 2.45) is 0 Å². The van der Waals surface area contributed by atoms with Gasteiger partial charge >= 0.3 is 0 Å². The molecule has 0 bridgehead atoms. The highest BCUT2D eigenvalue weighted by atomic mass is 16.1. The van der Waals surface area contributed by atoms with Crippen LogP contribution >= 0.6 is 0 Å². The van der Waals surface area contributed by atoms with Crippen molar-refractivity contribution in [2.75, 3.05) is 5.32 Å². The van der Waals surface area contributed by atoms with E-state index in [1.807, 2.05) is 29.7 Å². The van der Waals surface area contributed by atoms with Crippen LogP contribution in [0.1, 0.15) is 49.5 Å². The average molecular weight is 364 g/mol. The van der Waals surface area contributed by atoms with Crippen LogP contribution in [0.2, 0.25) is 0 Å². The van der Waals surface area contributed by atoms with E-state index in [4.69, 9.17) is 0 Å². The number of rotatable bonds is 4. The number of amides is 1. The molecule has 4 rings (SSSR count). The van der Waals surface area contributed by atoms with Gasteiger partial charge in [-0.15, -0.1) is 0 Å². The van der Waals surface area contributed by atoms with Gasteiger partial charge in [0, 0.05) is 17.1 Å². The highest BCUT2D eigenvalue weighted by Crippen LogP contribution is 2.26. The van der Waals surface area contributed by atoms with Crippen molar-refractivity contribution in [1.82, 2.24) is 24.8 Å². The van der Waals surface area contributed by atoms with Crippen molar-refractivity contribution in [3.05, 3.63) is 42.0 Å². The minimum Gasteiger partial charge on any atom is -0.364 e. The van der Waals surface area contributed by atoms with Gasteiger partial charge in [-0.2, -0.15) is 0 Å². The first-order valence-corrected chi connectivity index (χ1v) is 9.20. The molecule has 3 aromatic rings. The Kier molecular flexibility index (Phi) is 4.09. The lowest BCUT2D eigenvalue weighted by atomic mass is 10.1. The maximum atomic E-state index is 12.4. The van der Waals surface area contributed by atoms with Crippen molar-refractivity contribution in [3.8, 4) is 5.69 Å². The number of aryl methyl sites for hydroxylation is 1. The molecule has 0 radical (unpaired) electrons. The van der Waals surface area contributed by atoms with Crippen molar-refractivity contribution in [2.45, 2.75) is 52.1 Å². The van der Waals surface area contributed by atoms with Crippen LogP contribution in [0, 0.1) is 6.92 Å². The highest BCUT2D eigenvalue weighted by Gasteiger charge is 2.24. The summed E-state index contributed by atoms with van der Waals surface area (Å²) in [5, 5.41) is 6.41. The number of carbonyl (C=O) groups excluding carboxylic acids is 1. The highest BCUT2D eigenvalue weighted by molar-refractivity contribution is 5.95. The van der Waals surface area contributed by atoms with Gasteiger partial charge in [0.05, 0.1) is 5.69 Å². The summed E-state index contributed by atoms with van der Waals surface area (Å²) in [7, 11) is 0. The molecular weight excluding hydrogens is 340 g/mol. The maximum absolute atomic E-state index is 12.4. The Morgan fingerprint density at radius 1 is 1.19 bits per heavy atom. The fraction of sp³-hybridized carbons (Fsp3) is 0.400. The van der Waals surface area contributed by atoms with Crippen LogP contribution < -0.4 is 10.6 Å². The van der Waals surface area contributed by atoms with Crippen LogP contribution in [-0.4, -0.2) is 37.0 Å². The molecule has 140 valence electrons. The normalized spacial score (nSPS) is 14.4. The van der Waals surface area contributed by atoms with E-state index in [2.05, 4.69) is 46.4 Å². The summed E-state index contributed by atoms with van der Waals surface area (Å²) in [4.78, 5) is 25.7. The van der Waals surface area contributed by atoms with Gasteiger partial charge in [0.25, 0.3) is 5.91 Å². The monoisotopic (exact) mass is 364 g/mol. The molecule has 0 unspecified atom stereocenters. The zero-order valence-electron chi connectivity index (χ0n) is 16.1. The van der Waals surface area contributed by atoms with Crippen LogP contribution in [0.5, 0.6) is 0 Å². The summed E-state index contributed by atoms with van der Waals surface area (Å²) in [6, 6.07) is 6.04. The molecule has 1 fully saturated rings. The van der Waals surface area contributed by atoms with Gasteiger partial charge in [-0.05, 0) is 58.2 Å². The number of nitrogens with zero attached hydrogens (tertiary/aromatic N) is 4. The number of hydrogen-bond donors (Lipinski definition) is 2. The predicted octanol–water partition coefficient (Wildman–Crippen LogP) is 3.23. The topological polar surface area (TPSA) is 84.7 Å². The van der Waals surface area contributed by atoms with Crippen LogP contribution in [0.15, 0.2) is 30.9 Å². The molecular formula is C20H24N6O. The Balaban J connectivity index is 1.76. The maximum Gasteiger partial charge on any atom is 0.251 e. The largest absolute Gasteiger partial charge is 0.364 e. The molecule has 0 spiro atoms. The number of aromatic nitrogens is 4. The smallest absolute Gasteiger partial charge is 0.251 e. The van der Waals surface area contributed by atoms with E-state index in [1.54, 1.807) is 6.33 Å². The van der Waals surface area contributed by atoms with Crippen molar-refractivity contribution in [3.63, 3.8) is 0 Å². The van der Waals surface area contributed by atoms with E-state index in [-0.39, 0.29) is 11.4 Å². The lowest BCUT2D eigenvalue weighted by Crippen LogP contribution is -2.26. The number of imidazole rings is 1. The second-order valence-corrected chi connectivity index (χ2v) is 8.13. The first-order chi connectivity index (χ1) is 12.8. The number of benzene rings is 1. The summed E-state index contributed by atoms with van der Waals surface area (Å²) in [5.74, 6) is 0.666. The SMILES string of the molecule is Cc1ccc(C(=O)NC2CC2)cc1-n1cnc2c(NC(C)(C)C)ncnc21. The van der Waals surface area contributed by atoms with Crippen LogP contribution in [0.4, 0.5) is 5.82 Å². The van der Waals surface area contributed by atoms with Gasteiger partial charge in [0.2, 0.25) is 0 Å². The van der Waals surface area contributed by atoms with Crippen LogP contribution in [0.25, 0.3) is 16.9 Å². The molecule has 0 aliphatic heterocycles. The molecule has 0 atom stereocenters. The van der Waals surface area contributed by atoms with E-state index >= 15 is 0 Å². The molecule has 7 nitrogen and oxygen atoms in total. The quantitative estimate of drug-likeness (QED) is 0.742. The fourth-order valence-corrected chi connectivity index (χ4v) is 2.96. The second kappa shape index (κ2) is 6.33. The third-order valence-electron chi connectivity index (χ3n) is 4.47. The Morgan fingerprint density at radius 2 is 1.96 bits per heavy atom. The number of carbonyl (C=O) groups is 1. The molecule has 27 heavy (non-hydrogen) atoms. The summed E-state index contributed by atoms with van der Waals surface area (Å²) in [5.41, 5.74) is 3.86. The molecule has 7 heteroatoms. The molecule has 1 amide bonds. The minimum atomic E-state index is -0.137. The van der Waals surface area contributed by atoms with Crippen molar-refractivity contribution < 1.29 is 4.79 Å². The molecule has 2 N–H and O–H groups in total. The van der Waals surface area contributed by atoms with Crippen LogP contribution in [0.3, 0.4) is 0 Å². The fourth-order valence-electron chi connectivity index (χ4n) is 2.96. The Hall–Kier alpha value is -2.96. The second-order valence-electron chi connectivity index (χ2n) is 8.13. The molecule has 1 aromatic carbocycles. The zero-order chi connectivity index (χ0) is 19.2. The molecule has 0 saturated heterocycles. The van der Waals surface area contributed by atoms with Gasteiger partial charge in [-0.1, -0.05) is 6.07 Å². The zero-order valence-corrected chi connectivity index (χ0v) is 16.1. The molecule has 2 heterocycles. The molecule has 1 aliphatic rings. The van der Waals surface area contributed by atoms with Crippen molar-refractivity contribution in [1.29, 1.82) is 0 Å². The summed E-state index contributed by atoms with van der Waals surface area (Å²) < 4.78 is 1.91. The summed E-state index contributed by atoms with van der Waals surface area (Å²) in [6.45, 7) is 8.23. The van der Waals surface area contributed by atoms with E-state index in [1.165, 1.54) is 6.33 Å². The Morgan fingerprint density at radius 3 is 2.67 bits per heavy atom. The average Bonchev–Trinajstić information content (AvgIpc) is 3.30. The number of hydrogen-bond acceptors (Lipinski definition) is 5. The lowest BCUT2D eigenvalue weighted by molar-refractivity contribution is 0.0951. The van der Waals surface area contributed by atoms with E-state index < -0.39 is 0 Å². The third-order valence-corrected chi connectivity index (χ3v) is 4.47. The molecule has 1 saturated carbocycles. The minimum absolute atomic E-state index is 0.0344. The number of anilines is 1. The Labute approximate surface area is 158 Å². The van der Waals surface area contributed by atoms with Gasteiger partial charge < -0.3 is 10.6 Å². The Bertz CT molecular complexity index is 1010. The van der Waals surface area contributed by atoms with Gasteiger partial charge in [0.15, 0.2) is 17.0 Å². The summed E-state index contributed by atoms with van der Waals surface area (Å²) >= 11 is 0. The predicted molar refractivity (Wildman–Crippen MR) is 105 cm³/mol. The van der Waals surface area contributed by atoms with E-state index in [0.717, 1.165) is 24.1 Å². The first kappa shape index (κ1) is 17.5. The third kappa shape index (κ3) is 3.63. The number of fused-ring (bicyclic) bond motifs is 1.